The SMILES string of the molecule is Cc1ccc(C(=O)NS(C)(=O)=O)cc1NC(=O)c1ccccc1F. The van der Waals surface area contributed by atoms with E-state index in [-0.39, 0.29) is 16.8 Å². The van der Waals surface area contributed by atoms with Gasteiger partial charge in [0.15, 0.2) is 0 Å². The van der Waals surface area contributed by atoms with Crippen LogP contribution in [-0.2, 0) is 10.0 Å². The van der Waals surface area contributed by atoms with E-state index in [0.29, 0.717) is 5.56 Å². The summed E-state index contributed by atoms with van der Waals surface area (Å²) in [7, 11) is -3.70. The van der Waals surface area contributed by atoms with Crippen molar-refractivity contribution in [3.05, 3.63) is 65.0 Å². The summed E-state index contributed by atoms with van der Waals surface area (Å²) in [5, 5.41) is 2.52. The molecule has 0 aromatic heterocycles. The third-order valence-corrected chi connectivity index (χ3v) is 3.70. The summed E-state index contributed by atoms with van der Waals surface area (Å²) in [6, 6.07) is 9.80. The van der Waals surface area contributed by atoms with Crippen LogP contribution in [0.15, 0.2) is 42.5 Å². The van der Waals surface area contributed by atoms with Crippen LogP contribution in [0.1, 0.15) is 26.3 Å². The Morgan fingerprint density at radius 3 is 2.33 bits per heavy atom. The van der Waals surface area contributed by atoms with E-state index in [1.54, 1.807) is 13.0 Å². The number of benzene rings is 2. The number of carbonyl (C=O) groups excluding carboxylic acids is 2. The molecular weight excluding hydrogens is 335 g/mol. The Bertz CT molecular complexity index is 910. The second kappa shape index (κ2) is 6.79. The van der Waals surface area contributed by atoms with E-state index in [4.69, 9.17) is 0 Å². The van der Waals surface area contributed by atoms with E-state index < -0.39 is 27.7 Å². The highest BCUT2D eigenvalue weighted by Crippen LogP contribution is 2.19. The summed E-state index contributed by atoms with van der Waals surface area (Å²) in [6.07, 6.45) is 0.861. The number of aryl methyl sites for hydroxylation is 1. The molecule has 126 valence electrons. The molecule has 2 aromatic carbocycles. The summed E-state index contributed by atoms with van der Waals surface area (Å²) < 4.78 is 37.7. The van der Waals surface area contributed by atoms with Gasteiger partial charge in [0.05, 0.1) is 11.8 Å². The second-order valence-electron chi connectivity index (χ2n) is 5.17. The third-order valence-electron chi connectivity index (χ3n) is 3.14. The molecular formula is C16H15FN2O4S. The normalized spacial score (nSPS) is 11.0. The predicted molar refractivity (Wildman–Crippen MR) is 87.8 cm³/mol. The van der Waals surface area contributed by atoms with Gasteiger partial charge in [-0.1, -0.05) is 18.2 Å². The lowest BCUT2D eigenvalue weighted by molar-refractivity contribution is 0.0978. The van der Waals surface area contributed by atoms with Crippen LogP contribution in [0.3, 0.4) is 0 Å². The van der Waals surface area contributed by atoms with Gasteiger partial charge in [0.1, 0.15) is 5.82 Å². The zero-order chi connectivity index (χ0) is 17.9. The van der Waals surface area contributed by atoms with Crippen LogP contribution in [0.5, 0.6) is 0 Å². The van der Waals surface area contributed by atoms with Gasteiger partial charge < -0.3 is 5.32 Å². The molecule has 0 spiro atoms. The molecule has 0 bridgehead atoms. The van der Waals surface area contributed by atoms with Gasteiger partial charge in [-0.15, -0.1) is 0 Å². The Labute approximate surface area is 138 Å². The van der Waals surface area contributed by atoms with Gasteiger partial charge in [0, 0.05) is 11.3 Å². The van der Waals surface area contributed by atoms with Crippen molar-refractivity contribution in [2.45, 2.75) is 6.92 Å². The van der Waals surface area contributed by atoms with Crippen LogP contribution in [0.2, 0.25) is 0 Å². The van der Waals surface area contributed by atoms with Crippen molar-refractivity contribution in [1.82, 2.24) is 4.72 Å². The highest BCUT2D eigenvalue weighted by atomic mass is 32.2. The third kappa shape index (κ3) is 4.39. The Balaban J connectivity index is 2.28. The van der Waals surface area contributed by atoms with Gasteiger partial charge in [0.25, 0.3) is 11.8 Å². The number of sulfonamides is 1. The first kappa shape index (κ1) is 17.6. The van der Waals surface area contributed by atoms with Crippen molar-refractivity contribution >= 4 is 27.5 Å². The standard InChI is InChI=1S/C16H15FN2O4S/c1-10-7-8-11(15(20)19-24(2,22)23)9-14(10)18-16(21)12-5-3-4-6-13(12)17/h3-9H,1-2H3,(H,18,21)(H,19,20). The maximum absolute atomic E-state index is 13.6. The van der Waals surface area contributed by atoms with E-state index in [0.717, 1.165) is 12.3 Å². The Morgan fingerprint density at radius 2 is 1.71 bits per heavy atom. The average Bonchev–Trinajstić information content (AvgIpc) is 2.48. The largest absolute Gasteiger partial charge is 0.322 e. The number of carbonyl (C=O) groups is 2. The smallest absolute Gasteiger partial charge is 0.264 e. The zero-order valence-electron chi connectivity index (χ0n) is 13.0. The zero-order valence-corrected chi connectivity index (χ0v) is 13.8. The Morgan fingerprint density at radius 1 is 1.04 bits per heavy atom. The molecule has 0 atom stereocenters. The van der Waals surface area contributed by atoms with Gasteiger partial charge in [-0.2, -0.15) is 0 Å². The second-order valence-corrected chi connectivity index (χ2v) is 6.92. The molecule has 6 nitrogen and oxygen atoms in total. The van der Waals surface area contributed by atoms with Crippen LogP contribution < -0.4 is 10.0 Å². The van der Waals surface area contributed by atoms with Crippen LogP contribution in [0.4, 0.5) is 10.1 Å². The lowest BCUT2D eigenvalue weighted by Crippen LogP contribution is -2.29. The molecule has 0 aliphatic carbocycles. The number of halogens is 1. The predicted octanol–water partition coefficient (Wildman–Crippen LogP) is 2.08. The number of anilines is 1. The number of hydrogen-bond acceptors (Lipinski definition) is 4. The van der Waals surface area contributed by atoms with Crippen molar-refractivity contribution in [2.24, 2.45) is 0 Å². The van der Waals surface area contributed by atoms with Crippen molar-refractivity contribution in [2.75, 3.05) is 11.6 Å². The molecule has 0 unspecified atom stereocenters. The number of hydrogen-bond donors (Lipinski definition) is 2. The number of amides is 2. The molecule has 0 heterocycles. The van der Waals surface area contributed by atoms with Crippen LogP contribution >= 0.6 is 0 Å². The summed E-state index contributed by atoms with van der Waals surface area (Å²) >= 11 is 0. The van der Waals surface area contributed by atoms with E-state index >= 15 is 0 Å². The van der Waals surface area contributed by atoms with Crippen LogP contribution in [0.25, 0.3) is 0 Å². The monoisotopic (exact) mass is 350 g/mol. The molecule has 8 heteroatoms. The molecule has 2 rings (SSSR count). The molecule has 0 radical (unpaired) electrons. The molecule has 24 heavy (non-hydrogen) atoms. The van der Waals surface area contributed by atoms with Crippen molar-refractivity contribution < 1.29 is 22.4 Å². The average molecular weight is 350 g/mol. The topological polar surface area (TPSA) is 92.3 Å². The van der Waals surface area contributed by atoms with E-state index in [9.17, 15) is 22.4 Å². The Kier molecular flexibility index (Phi) is 4.99. The van der Waals surface area contributed by atoms with Crippen molar-refractivity contribution in [3.8, 4) is 0 Å². The highest BCUT2D eigenvalue weighted by molar-refractivity contribution is 7.89. The summed E-state index contributed by atoms with van der Waals surface area (Å²) in [6.45, 7) is 1.69. The van der Waals surface area contributed by atoms with Gasteiger partial charge in [-0.3, -0.25) is 9.59 Å². The quantitative estimate of drug-likeness (QED) is 0.883. The first-order valence-electron chi connectivity index (χ1n) is 6.86. The number of rotatable bonds is 4. The van der Waals surface area contributed by atoms with E-state index in [2.05, 4.69) is 5.32 Å². The molecule has 0 saturated carbocycles. The fraction of sp³-hybridized carbons (Fsp3) is 0.125. The van der Waals surface area contributed by atoms with Gasteiger partial charge in [0.2, 0.25) is 10.0 Å². The van der Waals surface area contributed by atoms with Crippen LogP contribution in [-0.4, -0.2) is 26.5 Å². The molecule has 2 N–H and O–H groups in total. The minimum atomic E-state index is -3.70. The van der Waals surface area contributed by atoms with Gasteiger partial charge in [-0.05, 0) is 36.8 Å². The Hall–Kier alpha value is -2.74. The summed E-state index contributed by atoms with van der Waals surface area (Å²) in [4.78, 5) is 24.0. The fourth-order valence-electron chi connectivity index (χ4n) is 1.96. The van der Waals surface area contributed by atoms with Crippen molar-refractivity contribution in [1.29, 1.82) is 0 Å². The first-order chi connectivity index (χ1) is 11.2. The maximum Gasteiger partial charge on any atom is 0.264 e. The van der Waals surface area contributed by atoms with Gasteiger partial charge in [-0.25, -0.2) is 17.5 Å². The maximum atomic E-state index is 13.6. The molecule has 0 saturated heterocycles. The minimum Gasteiger partial charge on any atom is -0.322 e. The van der Waals surface area contributed by atoms with Crippen molar-refractivity contribution in [3.63, 3.8) is 0 Å². The molecule has 2 amide bonds. The fourth-order valence-corrected chi connectivity index (χ4v) is 2.41. The van der Waals surface area contributed by atoms with E-state index in [1.165, 1.54) is 30.3 Å². The molecule has 2 aromatic rings. The van der Waals surface area contributed by atoms with Crippen LogP contribution in [0, 0.1) is 12.7 Å². The van der Waals surface area contributed by atoms with Gasteiger partial charge >= 0.3 is 0 Å². The van der Waals surface area contributed by atoms with E-state index in [1.807, 2.05) is 4.72 Å². The lowest BCUT2D eigenvalue weighted by Gasteiger charge is -2.11. The number of nitrogens with one attached hydrogen (secondary N) is 2. The molecule has 0 fully saturated rings. The highest BCUT2D eigenvalue weighted by Gasteiger charge is 2.15. The molecule has 0 aliphatic heterocycles. The summed E-state index contributed by atoms with van der Waals surface area (Å²) in [5.74, 6) is -2.16. The lowest BCUT2D eigenvalue weighted by atomic mass is 10.1. The minimum absolute atomic E-state index is 0.0508. The first-order valence-corrected chi connectivity index (χ1v) is 8.75. The molecule has 0 aliphatic rings. The summed E-state index contributed by atoms with van der Waals surface area (Å²) in [5.41, 5.74) is 0.831.